The Kier molecular flexibility index (Phi) is 7.74. The highest BCUT2D eigenvalue weighted by Crippen LogP contribution is 2.18. The Morgan fingerprint density at radius 2 is 1.62 bits per heavy atom. The van der Waals surface area contributed by atoms with Crippen molar-refractivity contribution in [3.05, 3.63) is 53.8 Å². The van der Waals surface area contributed by atoms with Crippen molar-refractivity contribution in [2.45, 2.75) is 32.1 Å². The molecule has 0 fully saturated rings. The summed E-state index contributed by atoms with van der Waals surface area (Å²) in [5.41, 5.74) is 0.249. The molecule has 2 rings (SSSR count). The molecule has 1 unspecified atom stereocenters. The third kappa shape index (κ3) is 6.63. The molecule has 26 heavy (non-hydrogen) atoms. The lowest BCUT2D eigenvalue weighted by atomic mass is 10.0. The van der Waals surface area contributed by atoms with Gasteiger partial charge in [-0.15, -0.1) is 0 Å². The van der Waals surface area contributed by atoms with Crippen LogP contribution in [0.1, 0.15) is 42.5 Å². The van der Waals surface area contributed by atoms with E-state index in [0.29, 0.717) is 25.4 Å². The fraction of sp³-hybridized carbons (Fsp3) is 0.400. The van der Waals surface area contributed by atoms with Crippen LogP contribution in [0.25, 0.3) is 0 Å². The molecule has 1 aliphatic carbocycles. The van der Waals surface area contributed by atoms with E-state index >= 15 is 0 Å². The van der Waals surface area contributed by atoms with Crippen molar-refractivity contribution in [3.63, 3.8) is 0 Å². The third-order valence-electron chi connectivity index (χ3n) is 4.06. The molecule has 0 aromatic heterocycles. The van der Waals surface area contributed by atoms with Crippen LogP contribution in [-0.2, 0) is 9.53 Å². The lowest BCUT2D eigenvalue weighted by Gasteiger charge is -2.13. The van der Waals surface area contributed by atoms with E-state index in [1.807, 2.05) is 6.08 Å². The van der Waals surface area contributed by atoms with E-state index < -0.39 is 17.9 Å². The molecule has 0 radical (unpaired) electrons. The van der Waals surface area contributed by atoms with E-state index in [0.717, 1.165) is 31.4 Å². The van der Waals surface area contributed by atoms with Crippen molar-refractivity contribution in [2.24, 2.45) is 5.92 Å². The number of aliphatic carboxylic acids is 1. The number of carbonyl (C=O) groups is 2. The van der Waals surface area contributed by atoms with Crippen molar-refractivity contribution in [3.8, 4) is 5.75 Å². The first-order valence-corrected chi connectivity index (χ1v) is 8.76. The van der Waals surface area contributed by atoms with Crippen LogP contribution in [0.4, 0.5) is 0 Å². The Balaban J connectivity index is 1.49. The number of unbranched alkanes of at least 4 members (excludes halogenated alkanes) is 3. The Hall–Kier alpha value is -2.76. The SMILES string of the molecule is O=C(O)c1ccc(OCCCCCCOC2=CCC(C(=O)O)C=C2)cc1. The summed E-state index contributed by atoms with van der Waals surface area (Å²) in [7, 11) is 0. The second-order valence-corrected chi connectivity index (χ2v) is 6.09. The molecule has 140 valence electrons. The van der Waals surface area contributed by atoms with Crippen LogP contribution in [0.15, 0.2) is 48.3 Å². The molecule has 0 saturated heterocycles. The molecular formula is C20H24O6. The van der Waals surface area contributed by atoms with Gasteiger partial charge in [-0.25, -0.2) is 4.79 Å². The van der Waals surface area contributed by atoms with Crippen molar-refractivity contribution in [2.75, 3.05) is 13.2 Å². The standard InChI is InChI=1S/C20H24O6/c21-19(22)15-5-9-17(10-6-15)25-13-3-1-2-4-14-26-18-11-7-16(8-12-18)20(23)24/h5-7,9-12,16H,1-4,8,13-14H2,(H,21,22)(H,23,24). The second-order valence-electron chi connectivity index (χ2n) is 6.09. The lowest BCUT2D eigenvalue weighted by molar-refractivity contribution is -0.140. The van der Waals surface area contributed by atoms with Crippen LogP contribution >= 0.6 is 0 Å². The topological polar surface area (TPSA) is 93.1 Å². The molecule has 1 aromatic rings. The van der Waals surface area contributed by atoms with Gasteiger partial charge in [0.25, 0.3) is 0 Å². The predicted molar refractivity (Wildman–Crippen MR) is 96.3 cm³/mol. The third-order valence-corrected chi connectivity index (χ3v) is 4.06. The molecule has 0 heterocycles. The average Bonchev–Trinajstić information content (AvgIpc) is 2.64. The number of hydrogen-bond acceptors (Lipinski definition) is 4. The highest BCUT2D eigenvalue weighted by molar-refractivity contribution is 5.87. The average molecular weight is 360 g/mol. The zero-order valence-electron chi connectivity index (χ0n) is 14.6. The van der Waals surface area contributed by atoms with Crippen molar-refractivity contribution < 1.29 is 29.3 Å². The predicted octanol–water partition coefficient (Wildman–Crippen LogP) is 3.89. The molecule has 1 aromatic carbocycles. The van der Waals surface area contributed by atoms with Gasteiger partial charge in [-0.3, -0.25) is 4.79 Å². The first kappa shape index (κ1) is 19.6. The summed E-state index contributed by atoms with van der Waals surface area (Å²) >= 11 is 0. The molecule has 0 saturated carbocycles. The second kappa shape index (κ2) is 10.3. The number of ether oxygens (including phenoxy) is 2. The Bertz CT molecular complexity index is 659. The van der Waals surface area contributed by atoms with Gasteiger partial charge in [-0.1, -0.05) is 6.08 Å². The summed E-state index contributed by atoms with van der Waals surface area (Å²) in [6, 6.07) is 6.39. The van der Waals surface area contributed by atoms with Crippen LogP contribution in [-0.4, -0.2) is 35.4 Å². The minimum atomic E-state index is -0.944. The normalized spacial score (nSPS) is 16.0. The lowest BCUT2D eigenvalue weighted by Crippen LogP contribution is -2.12. The van der Waals surface area contributed by atoms with Crippen LogP contribution in [0.2, 0.25) is 0 Å². The van der Waals surface area contributed by atoms with E-state index in [1.165, 1.54) is 12.1 Å². The van der Waals surface area contributed by atoms with E-state index in [4.69, 9.17) is 19.7 Å². The highest BCUT2D eigenvalue weighted by atomic mass is 16.5. The zero-order valence-corrected chi connectivity index (χ0v) is 14.6. The molecule has 2 N–H and O–H groups in total. The molecule has 0 aliphatic heterocycles. The van der Waals surface area contributed by atoms with Gasteiger partial charge in [-0.2, -0.15) is 0 Å². The summed E-state index contributed by atoms with van der Waals surface area (Å²) in [5, 5.41) is 17.7. The summed E-state index contributed by atoms with van der Waals surface area (Å²) in [6.45, 7) is 1.21. The number of carboxylic acids is 2. The van der Waals surface area contributed by atoms with Crippen LogP contribution in [0.3, 0.4) is 0 Å². The largest absolute Gasteiger partial charge is 0.494 e. The summed E-state index contributed by atoms with van der Waals surface area (Å²) < 4.78 is 11.2. The van der Waals surface area contributed by atoms with E-state index in [9.17, 15) is 9.59 Å². The minimum Gasteiger partial charge on any atom is -0.494 e. The van der Waals surface area contributed by atoms with Gasteiger partial charge in [-0.05, 0) is 68.5 Å². The van der Waals surface area contributed by atoms with Crippen LogP contribution in [0.5, 0.6) is 5.75 Å². The number of benzene rings is 1. The maximum Gasteiger partial charge on any atom is 0.335 e. The molecule has 1 aliphatic rings. The monoisotopic (exact) mass is 360 g/mol. The zero-order chi connectivity index (χ0) is 18.8. The van der Waals surface area contributed by atoms with Gasteiger partial charge < -0.3 is 19.7 Å². The van der Waals surface area contributed by atoms with Crippen molar-refractivity contribution in [1.82, 2.24) is 0 Å². The van der Waals surface area contributed by atoms with Crippen LogP contribution < -0.4 is 4.74 Å². The number of hydrogen-bond donors (Lipinski definition) is 2. The van der Waals surface area contributed by atoms with E-state index in [2.05, 4.69) is 0 Å². The molecule has 6 heteroatoms. The molecule has 0 spiro atoms. The Labute approximate surface area is 152 Å². The molecule has 6 nitrogen and oxygen atoms in total. The summed E-state index contributed by atoms with van der Waals surface area (Å²) in [6.07, 6.45) is 9.59. The number of carboxylic acid groups (broad SMARTS) is 2. The number of allylic oxidation sites excluding steroid dienone is 2. The first-order valence-electron chi connectivity index (χ1n) is 8.76. The number of rotatable bonds is 11. The maximum atomic E-state index is 10.8. The van der Waals surface area contributed by atoms with E-state index in [-0.39, 0.29) is 5.56 Å². The van der Waals surface area contributed by atoms with Crippen molar-refractivity contribution in [1.29, 1.82) is 0 Å². The van der Waals surface area contributed by atoms with Gasteiger partial charge in [0.1, 0.15) is 11.5 Å². The van der Waals surface area contributed by atoms with Gasteiger partial charge >= 0.3 is 11.9 Å². The molecule has 0 amide bonds. The Morgan fingerprint density at radius 3 is 2.15 bits per heavy atom. The summed E-state index contributed by atoms with van der Waals surface area (Å²) in [5.74, 6) is -0.774. The van der Waals surface area contributed by atoms with Gasteiger partial charge in [0.15, 0.2) is 0 Å². The smallest absolute Gasteiger partial charge is 0.335 e. The fourth-order valence-electron chi connectivity index (χ4n) is 2.52. The number of aromatic carboxylic acids is 1. The van der Waals surface area contributed by atoms with Gasteiger partial charge in [0, 0.05) is 0 Å². The quantitative estimate of drug-likeness (QED) is 0.582. The van der Waals surface area contributed by atoms with E-state index in [1.54, 1.807) is 24.3 Å². The molecule has 1 atom stereocenters. The summed E-state index contributed by atoms with van der Waals surface area (Å²) in [4.78, 5) is 21.6. The molecule has 0 bridgehead atoms. The van der Waals surface area contributed by atoms with Gasteiger partial charge in [0.2, 0.25) is 0 Å². The Morgan fingerprint density at radius 1 is 0.962 bits per heavy atom. The van der Waals surface area contributed by atoms with Crippen LogP contribution in [0, 0.1) is 5.92 Å². The molecular weight excluding hydrogens is 336 g/mol. The van der Waals surface area contributed by atoms with Crippen molar-refractivity contribution >= 4 is 11.9 Å². The highest BCUT2D eigenvalue weighted by Gasteiger charge is 2.15. The maximum absolute atomic E-state index is 10.8. The first-order chi connectivity index (χ1) is 12.6. The van der Waals surface area contributed by atoms with Gasteiger partial charge in [0.05, 0.1) is 24.7 Å². The minimum absolute atomic E-state index is 0.249. The fourth-order valence-corrected chi connectivity index (χ4v) is 2.52.